The van der Waals surface area contributed by atoms with Crippen LogP contribution in [0.3, 0.4) is 0 Å². The molecule has 0 aromatic heterocycles. The Balaban J connectivity index is 1.40. The van der Waals surface area contributed by atoms with Crippen LogP contribution < -0.4 is 5.32 Å². The van der Waals surface area contributed by atoms with E-state index < -0.39 is 0 Å². The largest absolute Gasteiger partial charge is 0.381 e. The molecule has 4 nitrogen and oxygen atoms in total. The quantitative estimate of drug-likeness (QED) is 0.836. The van der Waals surface area contributed by atoms with E-state index in [2.05, 4.69) is 16.8 Å². The fourth-order valence-corrected chi connectivity index (χ4v) is 3.16. The maximum absolute atomic E-state index is 12.0. The van der Waals surface area contributed by atoms with Crippen molar-refractivity contribution in [3.05, 3.63) is 48.0 Å². The second-order valence-corrected chi connectivity index (χ2v) is 6.22. The molecule has 1 spiro atoms. The number of nitrogens with zero attached hydrogens (tertiary/aromatic N) is 1. The third-order valence-corrected chi connectivity index (χ3v) is 4.33. The predicted octanol–water partition coefficient (Wildman–Crippen LogP) is 1.58. The molecule has 1 amide bonds. The van der Waals surface area contributed by atoms with E-state index in [1.54, 1.807) is 0 Å². The minimum Gasteiger partial charge on any atom is -0.381 e. The van der Waals surface area contributed by atoms with Crippen LogP contribution in [0.1, 0.15) is 12.0 Å². The summed E-state index contributed by atoms with van der Waals surface area (Å²) in [5.41, 5.74) is 2.10. The molecule has 1 aromatic carbocycles. The van der Waals surface area contributed by atoms with Gasteiger partial charge in [0.1, 0.15) is 0 Å². The van der Waals surface area contributed by atoms with Gasteiger partial charge >= 0.3 is 0 Å². The van der Waals surface area contributed by atoms with Gasteiger partial charge in [-0.2, -0.15) is 0 Å². The molecule has 1 aromatic rings. The van der Waals surface area contributed by atoms with Crippen molar-refractivity contribution in [1.82, 2.24) is 10.2 Å². The van der Waals surface area contributed by atoms with Crippen LogP contribution in [-0.4, -0.2) is 43.7 Å². The summed E-state index contributed by atoms with van der Waals surface area (Å²) in [6, 6.07) is 9.92. The Morgan fingerprint density at radius 3 is 2.76 bits per heavy atom. The number of nitrogens with one attached hydrogen (secondary N) is 1. The van der Waals surface area contributed by atoms with Crippen LogP contribution in [-0.2, 0) is 16.1 Å². The van der Waals surface area contributed by atoms with Crippen molar-refractivity contribution in [3.8, 4) is 0 Å². The number of hydrogen-bond donors (Lipinski definition) is 1. The number of benzene rings is 1. The number of carbonyl (C=O) groups is 1. The van der Waals surface area contributed by atoms with Gasteiger partial charge in [0.25, 0.3) is 0 Å². The monoisotopic (exact) mass is 286 g/mol. The highest BCUT2D eigenvalue weighted by molar-refractivity contribution is 5.93. The molecule has 2 saturated heterocycles. The van der Waals surface area contributed by atoms with E-state index in [9.17, 15) is 4.79 Å². The Labute approximate surface area is 125 Å². The summed E-state index contributed by atoms with van der Waals surface area (Å²) in [6.45, 7) is 8.93. The average molecular weight is 286 g/mol. The van der Waals surface area contributed by atoms with E-state index in [-0.39, 0.29) is 5.91 Å². The van der Waals surface area contributed by atoms with Gasteiger partial charge in [-0.05, 0) is 12.0 Å². The van der Waals surface area contributed by atoms with Crippen LogP contribution in [0.15, 0.2) is 42.5 Å². The van der Waals surface area contributed by atoms with Gasteiger partial charge in [-0.3, -0.25) is 9.69 Å². The Morgan fingerprint density at radius 1 is 1.33 bits per heavy atom. The Bertz CT molecular complexity index is 513. The summed E-state index contributed by atoms with van der Waals surface area (Å²) in [7, 11) is 0. The van der Waals surface area contributed by atoms with Crippen molar-refractivity contribution in [2.45, 2.75) is 13.0 Å². The Morgan fingerprint density at radius 2 is 2.10 bits per heavy atom. The van der Waals surface area contributed by atoms with Crippen LogP contribution in [0.25, 0.3) is 0 Å². The van der Waals surface area contributed by atoms with Crippen molar-refractivity contribution in [1.29, 1.82) is 0 Å². The summed E-state index contributed by atoms with van der Waals surface area (Å²) in [6.07, 6.45) is 1.15. The average Bonchev–Trinajstić information content (AvgIpc) is 2.95. The molecule has 2 aliphatic rings. The van der Waals surface area contributed by atoms with Gasteiger partial charge in [0.15, 0.2) is 0 Å². The van der Waals surface area contributed by atoms with Gasteiger partial charge in [-0.15, -0.1) is 0 Å². The van der Waals surface area contributed by atoms with Crippen molar-refractivity contribution in [2.75, 3.05) is 32.8 Å². The zero-order valence-electron chi connectivity index (χ0n) is 12.3. The van der Waals surface area contributed by atoms with Gasteiger partial charge < -0.3 is 10.1 Å². The maximum atomic E-state index is 12.0. The molecule has 0 aliphatic carbocycles. The second-order valence-electron chi connectivity index (χ2n) is 6.22. The summed E-state index contributed by atoms with van der Waals surface area (Å²) in [5, 5.41) is 2.92. The minimum atomic E-state index is -0.0533. The molecule has 2 fully saturated rings. The van der Waals surface area contributed by atoms with E-state index in [0.717, 1.165) is 38.3 Å². The molecular formula is C17H22N2O2. The van der Waals surface area contributed by atoms with E-state index in [0.29, 0.717) is 24.1 Å². The molecule has 3 rings (SSSR count). The summed E-state index contributed by atoms with van der Waals surface area (Å²) in [4.78, 5) is 14.3. The summed E-state index contributed by atoms with van der Waals surface area (Å²) < 4.78 is 5.46. The normalized spacial score (nSPS) is 20.2. The summed E-state index contributed by atoms with van der Waals surface area (Å²) >= 11 is 0. The number of hydrogen-bond acceptors (Lipinski definition) is 3. The van der Waals surface area contributed by atoms with Gasteiger partial charge in [-0.25, -0.2) is 0 Å². The molecule has 21 heavy (non-hydrogen) atoms. The lowest BCUT2D eigenvalue weighted by atomic mass is 9.79. The molecule has 2 heterocycles. The van der Waals surface area contributed by atoms with Gasteiger partial charge in [0, 0.05) is 43.8 Å². The Kier molecular flexibility index (Phi) is 4.08. The molecular weight excluding hydrogens is 264 g/mol. The van der Waals surface area contributed by atoms with E-state index in [1.807, 2.05) is 30.3 Å². The SMILES string of the molecule is C=C(CN1CC2(CCOC2)C1)C(=O)NCc1ccccc1. The number of ether oxygens (including phenoxy) is 1. The van der Waals surface area contributed by atoms with Crippen LogP contribution >= 0.6 is 0 Å². The van der Waals surface area contributed by atoms with Crippen LogP contribution in [0.2, 0.25) is 0 Å². The molecule has 0 bridgehead atoms. The van der Waals surface area contributed by atoms with Crippen molar-refractivity contribution >= 4 is 5.91 Å². The number of amides is 1. The first kappa shape index (κ1) is 14.3. The van der Waals surface area contributed by atoms with Gasteiger partial charge in [0.05, 0.1) is 6.61 Å². The molecule has 4 heteroatoms. The zero-order chi connectivity index (χ0) is 14.7. The molecule has 0 saturated carbocycles. The number of likely N-dealkylation sites (tertiary alicyclic amines) is 1. The lowest BCUT2D eigenvalue weighted by molar-refractivity contribution is -0.118. The molecule has 112 valence electrons. The van der Waals surface area contributed by atoms with Crippen molar-refractivity contribution in [2.24, 2.45) is 5.41 Å². The van der Waals surface area contributed by atoms with Crippen LogP contribution in [0.4, 0.5) is 0 Å². The third kappa shape index (κ3) is 3.34. The zero-order valence-corrected chi connectivity index (χ0v) is 12.3. The van der Waals surface area contributed by atoms with Crippen LogP contribution in [0, 0.1) is 5.41 Å². The fourth-order valence-electron chi connectivity index (χ4n) is 3.16. The first-order valence-electron chi connectivity index (χ1n) is 7.47. The standard InChI is InChI=1S/C17H22N2O2/c1-14(10-19-11-17(12-19)7-8-21-13-17)16(20)18-9-15-5-3-2-4-6-15/h2-6H,1,7-13H2,(H,18,20). The van der Waals surface area contributed by atoms with E-state index >= 15 is 0 Å². The lowest BCUT2D eigenvalue weighted by Crippen LogP contribution is -2.57. The lowest BCUT2D eigenvalue weighted by Gasteiger charge is -2.47. The minimum absolute atomic E-state index is 0.0533. The van der Waals surface area contributed by atoms with E-state index in [1.165, 1.54) is 0 Å². The number of rotatable bonds is 5. The number of carbonyl (C=O) groups excluding carboxylic acids is 1. The second kappa shape index (κ2) is 6.00. The first-order valence-corrected chi connectivity index (χ1v) is 7.47. The van der Waals surface area contributed by atoms with Crippen molar-refractivity contribution < 1.29 is 9.53 Å². The van der Waals surface area contributed by atoms with Crippen LogP contribution in [0.5, 0.6) is 0 Å². The van der Waals surface area contributed by atoms with Gasteiger partial charge in [-0.1, -0.05) is 36.9 Å². The fraction of sp³-hybridized carbons (Fsp3) is 0.471. The Hall–Kier alpha value is -1.65. The predicted molar refractivity (Wildman–Crippen MR) is 81.7 cm³/mol. The molecule has 0 atom stereocenters. The first-order chi connectivity index (χ1) is 10.2. The molecule has 1 N–H and O–H groups in total. The van der Waals surface area contributed by atoms with Crippen molar-refractivity contribution in [3.63, 3.8) is 0 Å². The van der Waals surface area contributed by atoms with Gasteiger partial charge in [0.2, 0.25) is 5.91 Å². The molecule has 0 radical (unpaired) electrons. The van der Waals surface area contributed by atoms with E-state index in [4.69, 9.17) is 4.74 Å². The smallest absolute Gasteiger partial charge is 0.248 e. The topological polar surface area (TPSA) is 41.6 Å². The third-order valence-electron chi connectivity index (χ3n) is 4.33. The highest BCUT2D eigenvalue weighted by Crippen LogP contribution is 2.38. The molecule has 0 unspecified atom stereocenters. The molecule has 2 aliphatic heterocycles. The highest BCUT2D eigenvalue weighted by atomic mass is 16.5. The maximum Gasteiger partial charge on any atom is 0.248 e. The highest BCUT2D eigenvalue weighted by Gasteiger charge is 2.45. The summed E-state index contributed by atoms with van der Waals surface area (Å²) in [5.74, 6) is -0.0533.